The van der Waals surface area contributed by atoms with Crippen molar-refractivity contribution in [3.8, 4) is 22.8 Å². The lowest BCUT2D eigenvalue weighted by Crippen LogP contribution is -2.54. The number of rotatable bonds is 15. The summed E-state index contributed by atoms with van der Waals surface area (Å²) in [6.07, 6.45) is 3.71. The molecule has 1 fully saturated rings. The molecule has 0 aliphatic carbocycles. The molecule has 3 heterocycles. The number of imide groups is 2. The van der Waals surface area contributed by atoms with Gasteiger partial charge in [-0.05, 0) is 61.2 Å². The maximum atomic E-state index is 13.2. The largest absolute Gasteiger partial charge is 0.507 e. The Balaban J connectivity index is 0.881. The number of anilines is 2. The zero-order valence-electron chi connectivity index (χ0n) is 27.5. The molecule has 13 heteroatoms. The minimum absolute atomic E-state index is 0.0839. The second-order valence-electron chi connectivity index (χ2n) is 12.3. The minimum Gasteiger partial charge on any atom is -0.507 e. The molecule has 0 saturated carbocycles. The zero-order chi connectivity index (χ0) is 35.0. The fraction of sp³-hybridized carbons (Fsp3) is 0.297. The number of nitrogens with one attached hydrogen (secondary N) is 3. The SMILES string of the molecule is Nc1nnc(-c2ccccc2O)cc1OCCc1ccc(CNCCCCCNc2cccc3c2C(=O)N(C2CCC(=O)NC2=O)C3=O)cc1. The van der Waals surface area contributed by atoms with E-state index in [1.54, 1.807) is 42.5 Å². The van der Waals surface area contributed by atoms with Crippen molar-refractivity contribution in [2.24, 2.45) is 0 Å². The second-order valence-corrected chi connectivity index (χ2v) is 12.3. The number of carbonyl (C=O) groups excluding carboxylic acids is 4. The first-order valence-corrected chi connectivity index (χ1v) is 16.7. The molecule has 0 bridgehead atoms. The molecule has 4 amide bonds. The van der Waals surface area contributed by atoms with Gasteiger partial charge in [0.15, 0.2) is 11.6 Å². The maximum Gasteiger partial charge on any atom is 0.264 e. The number of phenolic OH excluding ortho intramolecular Hbond substituents is 1. The molecular weight excluding hydrogens is 638 g/mol. The Morgan fingerprint density at radius 3 is 2.44 bits per heavy atom. The van der Waals surface area contributed by atoms with Crippen LogP contribution in [-0.2, 0) is 22.6 Å². The molecule has 3 aromatic carbocycles. The van der Waals surface area contributed by atoms with Crippen molar-refractivity contribution in [1.29, 1.82) is 0 Å². The third-order valence-electron chi connectivity index (χ3n) is 8.78. The number of nitrogen functional groups attached to an aromatic ring is 1. The van der Waals surface area contributed by atoms with Gasteiger partial charge < -0.3 is 26.2 Å². The number of carbonyl (C=O) groups is 4. The summed E-state index contributed by atoms with van der Waals surface area (Å²) >= 11 is 0. The van der Waals surface area contributed by atoms with Crippen LogP contribution in [0.2, 0.25) is 0 Å². The van der Waals surface area contributed by atoms with Crippen molar-refractivity contribution in [2.45, 2.75) is 51.1 Å². The Hall–Kier alpha value is -5.82. The van der Waals surface area contributed by atoms with Gasteiger partial charge >= 0.3 is 0 Å². The van der Waals surface area contributed by atoms with Gasteiger partial charge in [-0.2, -0.15) is 0 Å². The van der Waals surface area contributed by atoms with E-state index in [-0.39, 0.29) is 35.5 Å². The number of aromatic nitrogens is 2. The van der Waals surface area contributed by atoms with Gasteiger partial charge in [0, 0.05) is 43.2 Å². The van der Waals surface area contributed by atoms with Crippen LogP contribution in [0.15, 0.2) is 72.8 Å². The summed E-state index contributed by atoms with van der Waals surface area (Å²) in [6, 6.07) is 21.0. The predicted molar refractivity (Wildman–Crippen MR) is 186 cm³/mol. The number of ether oxygens (including phenoxy) is 1. The van der Waals surface area contributed by atoms with Gasteiger partial charge in [-0.1, -0.05) is 48.9 Å². The highest BCUT2D eigenvalue weighted by Gasteiger charge is 2.45. The predicted octanol–water partition coefficient (Wildman–Crippen LogP) is 3.83. The van der Waals surface area contributed by atoms with Gasteiger partial charge in [-0.25, -0.2) is 0 Å². The fourth-order valence-electron chi connectivity index (χ4n) is 6.09. The Bertz CT molecular complexity index is 1900. The summed E-state index contributed by atoms with van der Waals surface area (Å²) in [7, 11) is 0. The lowest BCUT2D eigenvalue weighted by Gasteiger charge is -2.27. The highest BCUT2D eigenvalue weighted by Crippen LogP contribution is 2.33. The lowest BCUT2D eigenvalue weighted by atomic mass is 10.0. The first-order chi connectivity index (χ1) is 24.3. The van der Waals surface area contributed by atoms with Crippen LogP contribution in [0.1, 0.15) is 63.9 Å². The molecule has 50 heavy (non-hydrogen) atoms. The van der Waals surface area contributed by atoms with Crippen molar-refractivity contribution in [1.82, 2.24) is 25.7 Å². The molecule has 1 aromatic heterocycles. The quantitative estimate of drug-likeness (QED) is 0.0909. The summed E-state index contributed by atoms with van der Waals surface area (Å²) in [6.45, 7) is 2.64. The number of benzene rings is 3. The summed E-state index contributed by atoms with van der Waals surface area (Å²) < 4.78 is 5.90. The molecule has 6 N–H and O–H groups in total. The molecule has 0 spiro atoms. The molecule has 1 unspecified atom stereocenters. The van der Waals surface area contributed by atoms with Crippen molar-refractivity contribution in [3.63, 3.8) is 0 Å². The second kappa shape index (κ2) is 15.6. The molecule has 6 rings (SSSR count). The number of unbranched alkanes of at least 4 members (excludes halogenated alkanes) is 2. The van der Waals surface area contributed by atoms with Crippen LogP contribution in [0.4, 0.5) is 11.5 Å². The smallest absolute Gasteiger partial charge is 0.264 e. The number of piperidine rings is 1. The molecule has 1 saturated heterocycles. The molecule has 258 valence electrons. The number of nitrogens with zero attached hydrogens (tertiary/aromatic N) is 3. The van der Waals surface area contributed by atoms with E-state index >= 15 is 0 Å². The molecule has 4 aromatic rings. The van der Waals surface area contributed by atoms with Crippen molar-refractivity contribution in [3.05, 3.63) is 95.1 Å². The Kier molecular flexibility index (Phi) is 10.6. The fourth-order valence-corrected chi connectivity index (χ4v) is 6.09. The van der Waals surface area contributed by atoms with Crippen LogP contribution < -0.4 is 26.4 Å². The van der Waals surface area contributed by atoms with Gasteiger partial charge in [0.2, 0.25) is 11.8 Å². The van der Waals surface area contributed by atoms with Crippen molar-refractivity contribution < 1.29 is 29.0 Å². The summed E-state index contributed by atoms with van der Waals surface area (Å²) in [5, 5.41) is 27.2. The number of hydrogen-bond donors (Lipinski definition) is 5. The topological polar surface area (TPSA) is 189 Å². The third-order valence-corrected chi connectivity index (χ3v) is 8.78. The van der Waals surface area contributed by atoms with E-state index in [0.29, 0.717) is 42.3 Å². The highest BCUT2D eigenvalue weighted by molar-refractivity contribution is 6.25. The Morgan fingerprint density at radius 1 is 0.880 bits per heavy atom. The van der Waals surface area contributed by atoms with Crippen LogP contribution >= 0.6 is 0 Å². The summed E-state index contributed by atoms with van der Waals surface area (Å²) in [5.74, 6) is -1.33. The van der Waals surface area contributed by atoms with Crippen molar-refractivity contribution >= 4 is 35.1 Å². The Morgan fingerprint density at radius 2 is 1.64 bits per heavy atom. The normalized spacial score (nSPS) is 15.6. The van der Waals surface area contributed by atoms with Crippen LogP contribution in [-0.4, -0.2) is 69.6 Å². The van der Waals surface area contributed by atoms with Crippen LogP contribution in [0, 0.1) is 0 Å². The van der Waals surface area contributed by atoms with E-state index in [4.69, 9.17) is 10.5 Å². The number of para-hydroxylation sites is 1. The van der Waals surface area contributed by atoms with E-state index in [0.717, 1.165) is 42.8 Å². The molecule has 2 aliphatic rings. The van der Waals surface area contributed by atoms with Crippen LogP contribution in [0.25, 0.3) is 11.3 Å². The standard InChI is InChI=1S/C37H39N7O6/c38-34-31(21-28(42-43-34)25-7-2-3-10-30(25)45)50-20-17-23-11-13-24(14-12-23)22-39-18-4-1-5-19-40-27-9-6-8-26-33(27)37(49)44(36(26)48)29-15-16-32(46)41-35(29)47/h2-3,6-14,21,29,39-40,45H,1,4-5,15-20,22H2,(H2,38,43)(H,41,46,47). The van der Waals surface area contributed by atoms with Crippen LogP contribution in [0.5, 0.6) is 11.5 Å². The van der Waals surface area contributed by atoms with Crippen LogP contribution in [0.3, 0.4) is 0 Å². The number of hydrogen-bond acceptors (Lipinski definition) is 11. The first-order valence-electron chi connectivity index (χ1n) is 16.7. The van der Waals surface area contributed by atoms with Gasteiger partial charge in [-0.15, -0.1) is 10.2 Å². The lowest BCUT2D eigenvalue weighted by molar-refractivity contribution is -0.136. The van der Waals surface area contributed by atoms with E-state index < -0.39 is 29.7 Å². The number of amides is 4. The van der Waals surface area contributed by atoms with E-state index in [1.165, 1.54) is 5.56 Å². The minimum atomic E-state index is -0.984. The molecule has 0 radical (unpaired) electrons. The number of fused-ring (bicyclic) bond motifs is 1. The molecule has 13 nitrogen and oxygen atoms in total. The summed E-state index contributed by atoms with van der Waals surface area (Å²) in [4.78, 5) is 51.1. The molecule has 2 aliphatic heterocycles. The highest BCUT2D eigenvalue weighted by atomic mass is 16.5. The number of phenols is 1. The third kappa shape index (κ3) is 7.73. The van der Waals surface area contributed by atoms with Gasteiger partial charge in [0.05, 0.1) is 17.7 Å². The first kappa shape index (κ1) is 34.1. The monoisotopic (exact) mass is 677 g/mol. The number of nitrogens with two attached hydrogens (primary N) is 1. The summed E-state index contributed by atoms with van der Waals surface area (Å²) in [5.41, 5.74) is 10.4. The zero-order valence-corrected chi connectivity index (χ0v) is 27.5. The molecular formula is C37H39N7O6. The van der Waals surface area contributed by atoms with Gasteiger partial charge in [0.1, 0.15) is 17.5 Å². The number of aromatic hydroxyl groups is 1. The van der Waals surface area contributed by atoms with Crippen molar-refractivity contribution in [2.75, 3.05) is 30.7 Å². The maximum absolute atomic E-state index is 13.2. The average molecular weight is 678 g/mol. The van der Waals surface area contributed by atoms with E-state index in [1.807, 2.05) is 6.07 Å². The van der Waals surface area contributed by atoms with Gasteiger partial charge in [-0.3, -0.25) is 29.4 Å². The average Bonchev–Trinajstić information content (AvgIpc) is 3.37. The molecule has 1 atom stereocenters. The Labute approximate surface area is 289 Å². The van der Waals surface area contributed by atoms with E-state index in [9.17, 15) is 24.3 Å². The van der Waals surface area contributed by atoms with E-state index in [2.05, 4.69) is 50.4 Å². The van der Waals surface area contributed by atoms with Gasteiger partial charge in [0.25, 0.3) is 11.8 Å².